The van der Waals surface area contributed by atoms with Crippen molar-refractivity contribution in [3.8, 4) is 0 Å². The number of carbonyl (C=O) groups excluding carboxylic acids is 1. The van der Waals surface area contributed by atoms with E-state index >= 15 is 0 Å². The number of nitrogens with zero attached hydrogens (tertiary/aromatic N) is 3. The Morgan fingerprint density at radius 1 is 1.23 bits per heavy atom. The average molecular weight is 468 g/mol. The van der Waals surface area contributed by atoms with Gasteiger partial charge in [0, 0.05) is 25.3 Å². The fourth-order valence-corrected chi connectivity index (χ4v) is 6.27. The predicted octanol–water partition coefficient (Wildman–Crippen LogP) is 2.38. The topological polar surface area (TPSA) is 117 Å². The minimum atomic E-state index is -3.55. The van der Waals surface area contributed by atoms with Gasteiger partial charge in [-0.15, -0.1) is 5.10 Å². The highest BCUT2D eigenvalue weighted by Gasteiger charge is 2.31. The second-order valence-electron chi connectivity index (χ2n) is 8.09. The molecular formula is C20H29N5O4S2. The third-order valence-corrected chi connectivity index (χ3v) is 7.94. The predicted molar refractivity (Wildman–Crippen MR) is 121 cm³/mol. The summed E-state index contributed by atoms with van der Waals surface area (Å²) in [6.45, 7) is 7.68. The highest BCUT2D eigenvalue weighted by atomic mass is 32.2. The number of amides is 1. The molecule has 9 nitrogen and oxygen atoms in total. The number of aromatic nitrogens is 3. The number of hydrogen-bond donors (Lipinski definition) is 2. The molecule has 2 atom stereocenters. The Hall–Kier alpha value is -2.11. The van der Waals surface area contributed by atoms with Crippen LogP contribution in [-0.4, -0.2) is 52.2 Å². The number of nitrogens with one attached hydrogen (secondary N) is 2. The number of rotatable bonds is 8. The SMILES string of the molecule is CCCn1c(SCC(=O)Nc2ccc(S(=O)(=O)N3C[C@@H](C)C[C@H](C)C3)cc2)n[nH]c1=O. The van der Waals surface area contributed by atoms with Gasteiger partial charge in [-0.3, -0.25) is 9.36 Å². The van der Waals surface area contributed by atoms with Gasteiger partial charge >= 0.3 is 5.69 Å². The van der Waals surface area contributed by atoms with Crippen LogP contribution in [0.5, 0.6) is 0 Å². The van der Waals surface area contributed by atoms with Crippen molar-refractivity contribution in [1.29, 1.82) is 0 Å². The van der Waals surface area contributed by atoms with Crippen molar-refractivity contribution in [3.05, 3.63) is 34.7 Å². The fraction of sp³-hybridized carbons (Fsp3) is 0.550. The minimum Gasteiger partial charge on any atom is -0.325 e. The fourth-order valence-electron chi connectivity index (χ4n) is 3.82. The van der Waals surface area contributed by atoms with Gasteiger partial charge in [0.15, 0.2) is 5.16 Å². The van der Waals surface area contributed by atoms with E-state index < -0.39 is 10.0 Å². The van der Waals surface area contributed by atoms with Gasteiger partial charge in [-0.05, 0) is 48.9 Å². The normalized spacial score (nSPS) is 20.0. The van der Waals surface area contributed by atoms with Crippen LogP contribution in [0.15, 0.2) is 39.1 Å². The zero-order valence-electron chi connectivity index (χ0n) is 18.0. The summed E-state index contributed by atoms with van der Waals surface area (Å²) in [6, 6.07) is 6.23. The van der Waals surface area contributed by atoms with Crippen molar-refractivity contribution in [2.75, 3.05) is 24.2 Å². The molecule has 2 aromatic rings. The van der Waals surface area contributed by atoms with Gasteiger partial charge in [0.25, 0.3) is 0 Å². The molecular weight excluding hydrogens is 438 g/mol. The molecule has 0 saturated carbocycles. The standard InChI is InChI=1S/C20H29N5O4S2/c1-4-9-25-19(27)22-23-20(25)30-13-18(26)21-16-5-7-17(8-6-16)31(28,29)24-11-14(2)10-15(3)12-24/h5-8,14-15H,4,9-13H2,1-3H3,(H,21,26)(H,22,27)/t14-,15-/m0/s1. The summed E-state index contributed by atoms with van der Waals surface area (Å²) in [7, 11) is -3.55. The average Bonchev–Trinajstić information content (AvgIpc) is 3.06. The van der Waals surface area contributed by atoms with Crippen LogP contribution < -0.4 is 11.0 Å². The molecule has 1 aromatic heterocycles. The highest BCUT2D eigenvalue weighted by Crippen LogP contribution is 2.27. The Bertz CT molecular complexity index is 1050. The van der Waals surface area contributed by atoms with Gasteiger partial charge < -0.3 is 5.32 Å². The van der Waals surface area contributed by atoms with Crippen molar-refractivity contribution in [2.24, 2.45) is 11.8 Å². The maximum absolute atomic E-state index is 13.0. The van der Waals surface area contributed by atoms with Crippen molar-refractivity contribution in [3.63, 3.8) is 0 Å². The quantitative estimate of drug-likeness (QED) is 0.576. The number of H-pyrrole nitrogens is 1. The molecule has 1 saturated heterocycles. The number of hydrogen-bond acceptors (Lipinski definition) is 6. The largest absolute Gasteiger partial charge is 0.343 e. The Morgan fingerprint density at radius 2 is 1.87 bits per heavy atom. The van der Waals surface area contributed by atoms with E-state index in [0.29, 0.717) is 42.3 Å². The number of piperidine rings is 1. The zero-order valence-corrected chi connectivity index (χ0v) is 19.6. The number of benzene rings is 1. The lowest BCUT2D eigenvalue weighted by atomic mass is 9.94. The summed E-state index contributed by atoms with van der Waals surface area (Å²) < 4.78 is 29.0. The molecule has 2 N–H and O–H groups in total. The zero-order chi connectivity index (χ0) is 22.6. The first-order chi connectivity index (χ1) is 14.7. The van der Waals surface area contributed by atoms with E-state index in [1.165, 1.54) is 28.5 Å². The molecule has 1 amide bonds. The Balaban J connectivity index is 1.60. The number of thioether (sulfide) groups is 1. The first-order valence-electron chi connectivity index (χ1n) is 10.4. The molecule has 0 bridgehead atoms. The molecule has 0 radical (unpaired) electrons. The first-order valence-corrected chi connectivity index (χ1v) is 12.8. The van der Waals surface area contributed by atoms with Crippen molar-refractivity contribution in [1.82, 2.24) is 19.1 Å². The monoisotopic (exact) mass is 467 g/mol. The summed E-state index contributed by atoms with van der Waals surface area (Å²) in [5, 5.41) is 9.55. The van der Waals surface area contributed by atoms with E-state index in [-0.39, 0.29) is 22.2 Å². The van der Waals surface area contributed by atoms with E-state index in [9.17, 15) is 18.0 Å². The van der Waals surface area contributed by atoms with E-state index in [1.54, 1.807) is 16.4 Å². The van der Waals surface area contributed by atoms with E-state index in [0.717, 1.165) is 12.8 Å². The molecule has 31 heavy (non-hydrogen) atoms. The molecule has 1 fully saturated rings. The van der Waals surface area contributed by atoms with E-state index in [2.05, 4.69) is 29.4 Å². The lowest BCUT2D eigenvalue weighted by molar-refractivity contribution is -0.113. The van der Waals surface area contributed by atoms with Gasteiger partial charge in [0.1, 0.15) is 0 Å². The molecule has 1 aromatic carbocycles. The smallest absolute Gasteiger partial charge is 0.325 e. The molecule has 11 heteroatoms. The second-order valence-corrected chi connectivity index (χ2v) is 11.0. The van der Waals surface area contributed by atoms with Gasteiger partial charge in [-0.1, -0.05) is 32.5 Å². The Kier molecular flexibility index (Phi) is 7.60. The van der Waals surface area contributed by atoms with Gasteiger partial charge in [-0.25, -0.2) is 18.3 Å². The Labute approximate surface area is 186 Å². The minimum absolute atomic E-state index is 0.0810. The maximum Gasteiger partial charge on any atom is 0.343 e. The molecule has 1 aliphatic rings. The van der Waals surface area contributed by atoms with Gasteiger partial charge in [0.2, 0.25) is 15.9 Å². The van der Waals surface area contributed by atoms with Crippen LogP contribution in [0.25, 0.3) is 0 Å². The number of aromatic amines is 1. The highest BCUT2D eigenvalue weighted by molar-refractivity contribution is 7.99. The molecule has 0 spiro atoms. The lowest BCUT2D eigenvalue weighted by Gasteiger charge is -2.34. The van der Waals surface area contributed by atoms with Crippen LogP contribution in [0.1, 0.15) is 33.6 Å². The van der Waals surface area contributed by atoms with E-state index in [4.69, 9.17) is 0 Å². The van der Waals surface area contributed by atoms with Crippen LogP contribution in [0.3, 0.4) is 0 Å². The Morgan fingerprint density at radius 3 is 2.48 bits per heavy atom. The second kappa shape index (κ2) is 10.0. The number of sulfonamides is 1. The molecule has 0 unspecified atom stereocenters. The lowest BCUT2D eigenvalue weighted by Crippen LogP contribution is -2.42. The van der Waals surface area contributed by atoms with Crippen LogP contribution in [0, 0.1) is 11.8 Å². The molecule has 170 valence electrons. The summed E-state index contributed by atoms with van der Waals surface area (Å²) in [6.07, 6.45) is 1.81. The molecule has 1 aliphatic heterocycles. The van der Waals surface area contributed by atoms with Crippen LogP contribution in [0.4, 0.5) is 5.69 Å². The number of anilines is 1. The molecule has 0 aliphatic carbocycles. The third-order valence-electron chi connectivity index (χ3n) is 5.11. The summed E-state index contributed by atoms with van der Waals surface area (Å²) in [5.41, 5.74) is 0.219. The summed E-state index contributed by atoms with van der Waals surface area (Å²) >= 11 is 1.17. The van der Waals surface area contributed by atoms with E-state index in [1.807, 2.05) is 6.92 Å². The van der Waals surface area contributed by atoms with Crippen molar-refractivity contribution in [2.45, 2.75) is 50.2 Å². The molecule has 2 heterocycles. The van der Waals surface area contributed by atoms with Gasteiger partial charge in [-0.2, -0.15) is 4.31 Å². The number of carbonyl (C=O) groups is 1. The van der Waals surface area contributed by atoms with Crippen LogP contribution in [-0.2, 0) is 21.4 Å². The van der Waals surface area contributed by atoms with Crippen LogP contribution >= 0.6 is 11.8 Å². The molecule has 3 rings (SSSR count). The third kappa shape index (κ3) is 5.78. The summed E-state index contributed by atoms with van der Waals surface area (Å²) in [5.74, 6) is 0.478. The maximum atomic E-state index is 13.0. The van der Waals surface area contributed by atoms with Crippen LogP contribution in [0.2, 0.25) is 0 Å². The van der Waals surface area contributed by atoms with Gasteiger partial charge in [0.05, 0.1) is 10.6 Å². The summed E-state index contributed by atoms with van der Waals surface area (Å²) in [4.78, 5) is 24.2. The first kappa shape index (κ1) is 23.6. The van der Waals surface area contributed by atoms with Crippen molar-refractivity contribution >= 4 is 33.4 Å². The van der Waals surface area contributed by atoms with Crippen molar-refractivity contribution < 1.29 is 13.2 Å².